The minimum Gasteiger partial charge on any atom is -0.466 e. The third-order valence-corrected chi connectivity index (χ3v) is 4.32. The van der Waals surface area contributed by atoms with Crippen LogP contribution >= 0.6 is 0 Å². The van der Waals surface area contributed by atoms with E-state index in [1.165, 1.54) is 5.56 Å². The summed E-state index contributed by atoms with van der Waals surface area (Å²) >= 11 is 0. The average molecular weight is 300 g/mol. The van der Waals surface area contributed by atoms with Crippen LogP contribution in [-0.4, -0.2) is 29.6 Å². The lowest BCUT2D eigenvalue weighted by Gasteiger charge is -2.52. The summed E-state index contributed by atoms with van der Waals surface area (Å²) in [7, 11) is 0. The molecule has 0 N–H and O–H groups in total. The molecule has 22 heavy (non-hydrogen) atoms. The normalized spacial score (nSPS) is 24.3. The molecule has 1 aliphatic heterocycles. The second kappa shape index (κ2) is 7.95. The molecule has 0 radical (unpaired) electrons. The largest absolute Gasteiger partial charge is 0.466 e. The molecule has 1 fully saturated rings. The number of nitriles is 1. The molecule has 1 saturated heterocycles. The van der Waals surface area contributed by atoms with E-state index >= 15 is 0 Å². The Morgan fingerprint density at radius 1 is 1.32 bits per heavy atom. The van der Waals surface area contributed by atoms with Crippen LogP contribution in [0.4, 0.5) is 0 Å². The zero-order valence-electron chi connectivity index (χ0n) is 13.4. The summed E-state index contributed by atoms with van der Waals surface area (Å²) in [6.07, 6.45) is 2.41. The van der Waals surface area contributed by atoms with Crippen molar-refractivity contribution >= 4 is 5.97 Å². The van der Waals surface area contributed by atoms with Gasteiger partial charge in [0.1, 0.15) is 6.04 Å². The number of rotatable bonds is 7. The summed E-state index contributed by atoms with van der Waals surface area (Å²) in [5.41, 5.74) is 1.21. The minimum atomic E-state index is -0.193. The molecule has 0 aromatic heterocycles. The van der Waals surface area contributed by atoms with Crippen LogP contribution in [0, 0.1) is 17.2 Å². The lowest BCUT2D eigenvalue weighted by molar-refractivity contribution is -0.149. The molecule has 1 aromatic rings. The Balaban J connectivity index is 2.06. The van der Waals surface area contributed by atoms with Gasteiger partial charge in [-0.1, -0.05) is 43.7 Å². The molecular weight excluding hydrogens is 276 g/mol. The summed E-state index contributed by atoms with van der Waals surface area (Å²) in [4.78, 5) is 14.0. The lowest BCUT2D eigenvalue weighted by atomic mass is 9.75. The first kappa shape index (κ1) is 16.5. The van der Waals surface area contributed by atoms with Gasteiger partial charge in [-0.25, -0.2) is 0 Å². The van der Waals surface area contributed by atoms with E-state index < -0.39 is 0 Å². The van der Waals surface area contributed by atoms with E-state index in [1.54, 1.807) is 0 Å². The number of esters is 1. The number of hydrogen-bond donors (Lipinski definition) is 0. The van der Waals surface area contributed by atoms with Crippen molar-refractivity contribution in [2.75, 3.05) is 6.61 Å². The van der Waals surface area contributed by atoms with Crippen molar-refractivity contribution in [2.45, 2.75) is 51.7 Å². The Bertz CT molecular complexity index is 524. The molecule has 1 heterocycles. The number of carbonyl (C=O) groups excluding carboxylic acids is 1. The van der Waals surface area contributed by atoms with E-state index in [4.69, 9.17) is 4.74 Å². The van der Waals surface area contributed by atoms with Crippen LogP contribution in [0.3, 0.4) is 0 Å². The zero-order valence-corrected chi connectivity index (χ0v) is 13.4. The van der Waals surface area contributed by atoms with Gasteiger partial charge in [-0.15, -0.1) is 0 Å². The maximum absolute atomic E-state index is 11.8. The molecule has 118 valence electrons. The van der Waals surface area contributed by atoms with Crippen molar-refractivity contribution < 1.29 is 9.53 Å². The summed E-state index contributed by atoms with van der Waals surface area (Å²) in [5, 5.41) is 9.49. The van der Waals surface area contributed by atoms with Crippen LogP contribution in [0.2, 0.25) is 0 Å². The molecule has 0 bridgehead atoms. The maximum Gasteiger partial charge on any atom is 0.306 e. The number of carbonyl (C=O) groups is 1. The first-order chi connectivity index (χ1) is 10.7. The monoisotopic (exact) mass is 300 g/mol. The van der Waals surface area contributed by atoms with Gasteiger partial charge in [-0.2, -0.15) is 5.26 Å². The molecule has 4 heteroatoms. The number of hydrogen-bond acceptors (Lipinski definition) is 4. The molecule has 1 aliphatic rings. The second-order valence-corrected chi connectivity index (χ2v) is 5.76. The fourth-order valence-corrected chi connectivity index (χ4v) is 3.32. The standard InChI is InChI=1S/C18H24N2O2/c1-3-8-16-15(11-18(21)22-4-2)17(12-19)20(16)13-14-9-6-5-7-10-14/h5-7,9-10,15-17H,3-4,8,11,13H2,1-2H3/t15-,16-,17-/m0/s1. The van der Waals surface area contributed by atoms with Crippen molar-refractivity contribution in [1.29, 1.82) is 5.26 Å². The van der Waals surface area contributed by atoms with E-state index in [1.807, 2.05) is 25.1 Å². The van der Waals surface area contributed by atoms with E-state index in [2.05, 4.69) is 30.0 Å². The lowest BCUT2D eigenvalue weighted by Crippen LogP contribution is -2.63. The highest BCUT2D eigenvalue weighted by Gasteiger charge is 2.48. The first-order valence-electron chi connectivity index (χ1n) is 8.06. The van der Waals surface area contributed by atoms with Crippen LogP contribution in [0.15, 0.2) is 30.3 Å². The van der Waals surface area contributed by atoms with Crippen molar-refractivity contribution in [3.8, 4) is 6.07 Å². The summed E-state index contributed by atoms with van der Waals surface area (Å²) < 4.78 is 5.05. The molecule has 1 aromatic carbocycles. The van der Waals surface area contributed by atoms with Gasteiger partial charge < -0.3 is 4.74 Å². The SMILES string of the molecule is CCC[C@H]1[C@H](CC(=O)OCC)[C@H](C#N)N1Cc1ccccc1. The number of nitrogens with zero attached hydrogens (tertiary/aromatic N) is 2. The van der Waals surface area contributed by atoms with Gasteiger partial charge in [-0.05, 0) is 18.9 Å². The summed E-state index contributed by atoms with van der Waals surface area (Å²) in [6.45, 7) is 5.12. The Morgan fingerprint density at radius 3 is 2.64 bits per heavy atom. The van der Waals surface area contributed by atoms with Crippen molar-refractivity contribution in [3.05, 3.63) is 35.9 Å². The van der Waals surface area contributed by atoms with Crippen LogP contribution in [0.25, 0.3) is 0 Å². The Kier molecular flexibility index (Phi) is 5.97. The molecule has 2 rings (SSSR count). The first-order valence-corrected chi connectivity index (χ1v) is 8.06. The zero-order chi connectivity index (χ0) is 15.9. The predicted octanol–water partition coefficient (Wildman–Crippen LogP) is 3.13. The highest BCUT2D eigenvalue weighted by atomic mass is 16.5. The molecule has 0 saturated carbocycles. The van der Waals surface area contributed by atoms with Crippen LogP contribution in [0.5, 0.6) is 0 Å². The highest BCUT2D eigenvalue weighted by Crippen LogP contribution is 2.38. The van der Waals surface area contributed by atoms with Gasteiger partial charge >= 0.3 is 5.97 Å². The molecule has 0 amide bonds. The Hall–Kier alpha value is -1.86. The third-order valence-electron chi connectivity index (χ3n) is 4.32. The van der Waals surface area contributed by atoms with Crippen molar-refractivity contribution in [3.63, 3.8) is 0 Å². The van der Waals surface area contributed by atoms with Crippen LogP contribution in [-0.2, 0) is 16.1 Å². The molecule has 4 nitrogen and oxygen atoms in total. The van der Waals surface area contributed by atoms with Gasteiger partial charge in [0.15, 0.2) is 0 Å². The molecule has 3 atom stereocenters. The highest BCUT2D eigenvalue weighted by molar-refractivity contribution is 5.70. The number of likely N-dealkylation sites (tertiary alicyclic amines) is 1. The third kappa shape index (κ3) is 3.66. The second-order valence-electron chi connectivity index (χ2n) is 5.76. The molecule has 0 spiro atoms. The fourth-order valence-electron chi connectivity index (χ4n) is 3.32. The topological polar surface area (TPSA) is 53.3 Å². The van der Waals surface area contributed by atoms with Gasteiger partial charge in [0.25, 0.3) is 0 Å². The van der Waals surface area contributed by atoms with Gasteiger partial charge in [0, 0.05) is 18.5 Å². The van der Waals surface area contributed by atoms with E-state index in [0.717, 1.165) is 19.4 Å². The molecular formula is C18H24N2O2. The molecule has 0 unspecified atom stereocenters. The fraction of sp³-hybridized carbons (Fsp3) is 0.556. The van der Waals surface area contributed by atoms with Gasteiger partial charge in [0.05, 0.1) is 19.1 Å². The predicted molar refractivity (Wildman–Crippen MR) is 84.8 cm³/mol. The van der Waals surface area contributed by atoms with E-state index in [-0.39, 0.29) is 17.9 Å². The van der Waals surface area contributed by atoms with Crippen molar-refractivity contribution in [2.24, 2.45) is 5.92 Å². The van der Waals surface area contributed by atoms with E-state index in [9.17, 15) is 10.1 Å². The van der Waals surface area contributed by atoms with Crippen molar-refractivity contribution in [1.82, 2.24) is 4.90 Å². The van der Waals surface area contributed by atoms with Gasteiger partial charge in [0.2, 0.25) is 0 Å². The van der Waals surface area contributed by atoms with Crippen LogP contribution < -0.4 is 0 Å². The average Bonchev–Trinajstić information content (AvgIpc) is 2.53. The quantitative estimate of drug-likeness (QED) is 0.726. The summed E-state index contributed by atoms with van der Waals surface area (Å²) in [5.74, 6) is -0.0964. The number of benzene rings is 1. The minimum absolute atomic E-state index is 0.0905. The van der Waals surface area contributed by atoms with Crippen LogP contribution in [0.1, 0.15) is 38.7 Å². The smallest absolute Gasteiger partial charge is 0.306 e. The maximum atomic E-state index is 11.8. The van der Waals surface area contributed by atoms with E-state index in [0.29, 0.717) is 19.1 Å². The van der Waals surface area contributed by atoms with Gasteiger partial charge in [-0.3, -0.25) is 9.69 Å². The summed E-state index contributed by atoms with van der Waals surface area (Å²) in [6, 6.07) is 12.7. The Labute approximate surface area is 132 Å². The Morgan fingerprint density at radius 2 is 2.05 bits per heavy atom. The number of ether oxygens (including phenoxy) is 1. The molecule has 0 aliphatic carbocycles.